The van der Waals surface area contributed by atoms with Crippen molar-refractivity contribution in [3.05, 3.63) is 34.5 Å². The highest BCUT2D eigenvalue weighted by molar-refractivity contribution is 5.80. The van der Waals surface area contributed by atoms with Crippen molar-refractivity contribution in [2.45, 2.75) is 13.0 Å². The molecular formula is C11H11FN2O3. The van der Waals surface area contributed by atoms with E-state index in [4.69, 9.17) is 5.11 Å². The van der Waals surface area contributed by atoms with Gasteiger partial charge in [0, 0.05) is 7.05 Å². The van der Waals surface area contributed by atoms with E-state index in [-0.39, 0.29) is 5.52 Å². The third kappa shape index (κ3) is 1.61. The maximum absolute atomic E-state index is 13.2. The van der Waals surface area contributed by atoms with Crippen LogP contribution in [0.5, 0.6) is 0 Å². The molecule has 2 rings (SSSR count). The van der Waals surface area contributed by atoms with Gasteiger partial charge < -0.3 is 5.11 Å². The summed E-state index contributed by atoms with van der Waals surface area (Å²) in [7, 11) is 1.52. The Balaban J connectivity index is 2.86. The minimum Gasteiger partial charge on any atom is -0.480 e. The van der Waals surface area contributed by atoms with Gasteiger partial charge >= 0.3 is 11.7 Å². The lowest BCUT2D eigenvalue weighted by molar-refractivity contribution is -0.140. The van der Waals surface area contributed by atoms with Gasteiger partial charge in [-0.3, -0.25) is 9.13 Å². The molecule has 0 aliphatic rings. The largest absolute Gasteiger partial charge is 0.480 e. The van der Waals surface area contributed by atoms with Crippen molar-refractivity contribution in [1.29, 1.82) is 0 Å². The van der Waals surface area contributed by atoms with Gasteiger partial charge in [-0.2, -0.15) is 0 Å². The number of benzene rings is 1. The summed E-state index contributed by atoms with van der Waals surface area (Å²) >= 11 is 0. The number of hydrogen-bond acceptors (Lipinski definition) is 2. The average Bonchev–Trinajstić information content (AvgIpc) is 2.50. The highest BCUT2D eigenvalue weighted by atomic mass is 19.1. The van der Waals surface area contributed by atoms with Gasteiger partial charge in [-0.25, -0.2) is 14.0 Å². The zero-order valence-electron chi connectivity index (χ0n) is 9.35. The van der Waals surface area contributed by atoms with E-state index in [1.807, 2.05) is 0 Å². The van der Waals surface area contributed by atoms with Crippen molar-refractivity contribution in [1.82, 2.24) is 9.13 Å². The molecule has 0 radical (unpaired) electrons. The lowest BCUT2D eigenvalue weighted by Gasteiger charge is -2.07. The van der Waals surface area contributed by atoms with Gasteiger partial charge in [0.25, 0.3) is 0 Å². The van der Waals surface area contributed by atoms with Crippen LogP contribution in [0, 0.1) is 5.82 Å². The molecule has 6 heteroatoms. The first kappa shape index (κ1) is 11.4. The standard InChI is InChI=1S/C11H11FN2O3/c1-6(10(15)16)14-9-5-7(12)3-4-8(9)13(2)11(14)17/h3-6H,1-2H3,(H,15,16). The summed E-state index contributed by atoms with van der Waals surface area (Å²) < 4.78 is 15.5. The van der Waals surface area contributed by atoms with Crippen molar-refractivity contribution in [3.8, 4) is 0 Å². The van der Waals surface area contributed by atoms with Crippen LogP contribution in [0.2, 0.25) is 0 Å². The predicted molar refractivity (Wildman–Crippen MR) is 59.5 cm³/mol. The van der Waals surface area contributed by atoms with Crippen LogP contribution in [-0.4, -0.2) is 20.2 Å². The molecule has 0 aliphatic heterocycles. The summed E-state index contributed by atoms with van der Waals surface area (Å²) in [5, 5.41) is 8.94. The summed E-state index contributed by atoms with van der Waals surface area (Å²) in [5.41, 5.74) is 0.317. The van der Waals surface area contributed by atoms with Crippen molar-refractivity contribution in [2.75, 3.05) is 0 Å². The van der Waals surface area contributed by atoms with Crippen molar-refractivity contribution < 1.29 is 14.3 Å². The molecule has 2 aromatic rings. The molecule has 1 unspecified atom stereocenters. The van der Waals surface area contributed by atoms with E-state index in [2.05, 4.69) is 0 Å². The Morgan fingerprint density at radius 1 is 1.41 bits per heavy atom. The molecule has 17 heavy (non-hydrogen) atoms. The number of aryl methyl sites for hydroxylation is 1. The van der Waals surface area contributed by atoms with Crippen LogP contribution in [0.15, 0.2) is 23.0 Å². The van der Waals surface area contributed by atoms with Crippen LogP contribution >= 0.6 is 0 Å². The first-order valence-corrected chi connectivity index (χ1v) is 5.02. The van der Waals surface area contributed by atoms with Crippen LogP contribution in [0.4, 0.5) is 4.39 Å². The normalized spacial score (nSPS) is 12.9. The third-order valence-electron chi connectivity index (χ3n) is 2.80. The number of carbonyl (C=O) groups is 1. The van der Waals surface area contributed by atoms with Crippen LogP contribution in [0.3, 0.4) is 0 Å². The van der Waals surface area contributed by atoms with Gasteiger partial charge in [-0.15, -0.1) is 0 Å². The molecule has 0 saturated carbocycles. The lowest BCUT2D eigenvalue weighted by atomic mass is 10.2. The molecule has 0 fully saturated rings. The fourth-order valence-electron chi connectivity index (χ4n) is 1.83. The Morgan fingerprint density at radius 2 is 2.06 bits per heavy atom. The molecule has 1 N–H and O–H groups in total. The Labute approximate surface area is 95.7 Å². The van der Waals surface area contributed by atoms with E-state index in [9.17, 15) is 14.0 Å². The highest BCUT2D eigenvalue weighted by Gasteiger charge is 2.20. The molecule has 0 aliphatic carbocycles. The Bertz CT molecular complexity index is 657. The van der Waals surface area contributed by atoms with Gasteiger partial charge in [0.05, 0.1) is 11.0 Å². The number of carboxylic acids is 1. The molecule has 90 valence electrons. The molecule has 0 amide bonds. The first-order chi connectivity index (χ1) is 7.93. The lowest BCUT2D eigenvalue weighted by Crippen LogP contribution is -2.28. The fraction of sp³-hybridized carbons (Fsp3) is 0.273. The quantitative estimate of drug-likeness (QED) is 0.852. The van der Waals surface area contributed by atoms with Gasteiger partial charge in [0.15, 0.2) is 0 Å². The van der Waals surface area contributed by atoms with Crippen molar-refractivity contribution in [3.63, 3.8) is 0 Å². The summed E-state index contributed by atoms with van der Waals surface area (Å²) in [4.78, 5) is 22.8. The number of imidazole rings is 1. The molecular weight excluding hydrogens is 227 g/mol. The number of nitrogens with zero attached hydrogens (tertiary/aromatic N) is 2. The van der Waals surface area contributed by atoms with E-state index in [1.54, 1.807) is 0 Å². The second-order valence-corrected chi connectivity index (χ2v) is 3.86. The summed E-state index contributed by atoms with van der Waals surface area (Å²) in [6, 6.07) is 2.82. The summed E-state index contributed by atoms with van der Waals surface area (Å²) in [6.45, 7) is 1.38. The topological polar surface area (TPSA) is 64.2 Å². The zero-order valence-corrected chi connectivity index (χ0v) is 9.35. The molecule has 0 bridgehead atoms. The van der Waals surface area contributed by atoms with Crippen molar-refractivity contribution >= 4 is 17.0 Å². The maximum atomic E-state index is 13.2. The number of aromatic nitrogens is 2. The molecule has 1 aromatic carbocycles. The van der Waals surface area contributed by atoms with Gasteiger partial charge in [0.1, 0.15) is 11.9 Å². The van der Waals surface area contributed by atoms with Crippen LogP contribution in [-0.2, 0) is 11.8 Å². The molecule has 1 heterocycles. The van der Waals surface area contributed by atoms with Crippen LogP contribution in [0.25, 0.3) is 11.0 Å². The summed E-state index contributed by atoms with van der Waals surface area (Å²) in [5.74, 6) is -1.64. The van der Waals surface area contributed by atoms with E-state index in [1.165, 1.54) is 30.7 Å². The van der Waals surface area contributed by atoms with E-state index < -0.39 is 23.5 Å². The second-order valence-electron chi connectivity index (χ2n) is 3.86. The van der Waals surface area contributed by atoms with Gasteiger partial charge in [-0.1, -0.05) is 0 Å². The molecule has 1 aromatic heterocycles. The smallest absolute Gasteiger partial charge is 0.329 e. The number of fused-ring (bicyclic) bond motifs is 1. The SMILES string of the molecule is CC(C(=O)O)n1c(=O)n(C)c2ccc(F)cc21. The van der Waals surface area contributed by atoms with Gasteiger partial charge in [0.2, 0.25) is 0 Å². The van der Waals surface area contributed by atoms with Crippen molar-refractivity contribution in [2.24, 2.45) is 7.05 Å². The third-order valence-corrected chi connectivity index (χ3v) is 2.80. The summed E-state index contributed by atoms with van der Waals surface area (Å²) in [6.07, 6.45) is 0. The fourth-order valence-corrected chi connectivity index (χ4v) is 1.83. The molecule has 0 saturated heterocycles. The monoisotopic (exact) mass is 238 g/mol. The molecule has 0 spiro atoms. The number of halogens is 1. The first-order valence-electron chi connectivity index (χ1n) is 5.02. The van der Waals surface area contributed by atoms with Gasteiger partial charge in [-0.05, 0) is 25.1 Å². The molecule has 1 atom stereocenters. The number of aliphatic carboxylic acids is 1. The minimum absolute atomic E-state index is 0.285. The van der Waals surface area contributed by atoms with E-state index in [0.717, 1.165) is 10.6 Å². The number of carboxylic acid groups (broad SMARTS) is 1. The maximum Gasteiger partial charge on any atom is 0.329 e. The number of hydrogen-bond donors (Lipinski definition) is 1. The van der Waals surface area contributed by atoms with Crippen LogP contribution < -0.4 is 5.69 Å². The Morgan fingerprint density at radius 3 is 2.65 bits per heavy atom. The Kier molecular flexibility index (Phi) is 2.49. The second kappa shape index (κ2) is 3.73. The average molecular weight is 238 g/mol. The predicted octanol–water partition coefficient (Wildman–Crippen LogP) is 1.12. The molecule has 5 nitrogen and oxygen atoms in total. The van der Waals surface area contributed by atoms with E-state index >= 15 is 0 Å². The Hall–Kier alpha value is -2.11. The van der Waals surface area contributed by atoms with E-state index in [0.29, 0.717) is 5.52 Å². The highest BCUT2D eigenvalue weighted by Crippen LogP contribution is 2.17. The minimum atomic E-state index is -1.14. The van der Waals surface area contributed by atoms with Crippen LogP contribution in [0.1, 0.15) is 13.0 Å². The zero-order chi connectivity index (χ0) is 12.7. The number of rotatable bonds is 2.